The number of hydrogen-bond acceptors (Lipinski definition) is 4. The van der Waals surface area contributed by atoms with Gasteiger partial charge in [0.15, 0.2) is 0 Å². The molecular formula is C16H26N4O2. The molecule has 2 atom stereocenters. The molecule has 2 saturated heterocycles. The largest absolute Gasteiger partial charge is 0.378 e. The third-order valence-electron chi connectivity index (χ3n) is 4.79. The number of ether oxygens (including phenoxy) is 1. The SMILES string of the molecule is CN1CCN(C(=O)CC[C@H]2CCCCO2)C[C@H]1c1ncc[nH]1. The summed E-state index contributed by atoms with van der Waals surface area (Å²) in [5.41, 5.74) is 0. The maximum Gasteiger partial charge on any atom is 0.222 e. The first-order valence-corrected chi connectivity index (χ1v) is 8.33. The van der Waals surface area contributed by atoms with Crippen molar-refractivity contribution in [2.75, 3.05) is 33.3 Å². The molecular weight excluding hydrogens is 280 g/mol. The van der Waals surface area contributed by atoms with Crippen LogP contribution in [0.15, 0.2) is 12.4 Å². The standard InChI is InChI=1S/C16H26N4O2/c1-19-9-10-20(12-14(19)16-17-7-8-18-16)15(21)6-5-13-4-2-3-11-22-13/h7-8,13-14H,2-6,9-12H2,1H3,(H,17,18)/t13-,14+/m1/s1. The Bertz CT molecular complexity index is 471. The van der Waals surface area contributed by atoms with E-state index in [1.165, 1.54) is 6.42 Å². The lowest BCUT2D eigenvalue weighted by Crippen LogP contribution is -2.49. The van der Waals surface area contributed by atoms with Crippen molar-refractivity contribution in [1.29, 1.82) is 0 Å². The average molecular weight is 306 g/mol. The lowest BCUT2D eigenvalue weighted by molar-refractivity contribution is -0.135. The zero-order valence-corrected chi connectivity index (χ0v) is 13.3. The number of amides is 1. The minimum atomic E-state index is 0.165. The van der Waals surface area contributed by atoms with E-state index in [4.69, 9.17) is 4.74 Å². The van der Waals surface area contributed by atoms with Crippen LogP contribution in [-0.2, 0) is 9.53 Å². The highest BCUT2D eigenvalue weighted by Gasteiger charge is 2.30. The number of likely N-dealkylation sites (N-methyl/N-ethyl adjacent to an activating group) is 1. The Labute approximate surface area is 131 Å². The first-order valence-electron chi connectivity index (χ1n) is 8.33. The van der Waals surface area contributed by atoms with E-state index in [2.05, 4.69) is 21.9 Å². The molecule has 0 unspecified atom stereocenters. The van der Waals surface area contributed by atoms with Crippen molar-refractivity contribution in [3.63, 3.8) is 0 Å². The summed E-state index contributed by atoms with van der Waals surface area (Å²) in [5, 5.41) is 0. The van der Waals surface area contributed by atoms with Crippen LogP contribution in [0.3, 0.4) is 0 Å². The fraction of sp³-hybridized carbons (Fsp3) is 0.750. The lowest BCUT2D eigenvalue weighted by atomic mass is 10.0. The van der Waals surface area contributed by atoms with E-state index in [9.17, 15) is 4.79 Å². The van der Waals surface area contributed by atoms with Gasteiger partial charge in [0.25, 0.3) is 0 Å². The number of nitrogens with one attached hydrogen (secondary N) is 1. The van der Waals surface area contributed by atoms with Gasteiger partial charge in [-0.2, -0.15) is 0 Å². The predicted octanol–water partition coefficient (Wildman–Crippen LogP) is 1.57. The minimum absolute atomic E-state index is 0.165. The Morgan fingerprint density at radius 2 is 2.36 bits per heavy atom. The van der Waals surface area contributed by atoms with Crippen molar-refractivity contribution in [2.45, 2.75) is 44.2 Å². The quantitative estimate of drug-likeness (QED) is 0.917. The molecule has 0 aliphatic carbocycles. The van der Waals surface area contributed by atoms with E-state index < -0.39 is 0 Å². The molecule has 0 aromatic carbocycles. The van der Waals surface area contributed by atoms with Crippen LogP contribution >= 0.6 is 0 Å². The van der Waals surface area contributed by atoms with Crippen LogP contribution in [0.2, 0.25) is 0 Å². The number of carbonyl (C=O) groups excluding carboxylic acids is 1. The number of piperazine rings is 1. The summed E-state index contributed by atoms with van der Waals surface area (Å²) in [6, 6.07) is 0.165. The zero-order valence-electron chi connectivity index (χ0n) is 13.3. The Balaban J connectivity index is 1.51. The Hall–Kier alpha value is -1.40. The van der Waals surface area contributed by atoms with Gasteiger partial charge in [-0.3, -0.25) is 9.69 Å². The number of rotatable bonds is 4. The second-order valence-electron chi connectivity index (χ2n) is 6.34. The van der Waals surface area contributed by atoms with Gasteiger partial charge in [0.05, 0.1) is 12.1 Å². The highest BCUT2D eigenvalue weighted by Crippen LogP contribution is 2.23. The lowest BCUT2D eigenvalue weighted by Gasteiger charge is -2.38. The van der Waals surface area contributed by atoms with Gasteiger partial charge in [0, 0.05) is 45.1 Å². The van der Waals surface area contributed by atoms with Gasteiger partial charge in [0.1, 0.15) is 5.82 Å². The number of aromatic nitrogens is 2. The Morgan fingerprint density at radius 3 is 3.09 bits per heavy atom. The van der Waals surface area contributed by atoms with Crippen LogP contribution in [0.25, 0.3) is 0 Å². The first-order chi connectivity index (χ1) is 10.7. The van der Waals surface area contributed by atoms with Crippen molar-refractivity contribution in [3.05, 3.63) is 18.2 Å². The molecule has 1 aromatic rings. The van der Waals surface area contributed by atoms with Crippen LogP contribution in [0, 0.1) is 0 Å². The molecule has 22 heavy (non-hydrogen) atoms. The number of H-pyrrole nitrogens is 1. The fourth-order valence-corrected chi connectivity index (χ4v) is 3.33. The Kier molecular flexibility index (Phi) is 5.10. The van der Waals surface area contributed by atoms with Crippen LogP contribution in [0.1, 0.15) is 44.0 Å². The van der Waals surface area contributed by atoms with Crippen molar-refractivity contribution >= 4 is 5.91 Å². The van der Waals surface area contributed by atoms with Crippen LogP contribution in [-0.4, -0.2) is 65.1 Å². The monoisotopic (exact) mass is 306 g/mol. The van der Waals surface area contributed by atoms with Gasteiger partial charge in [0.2, 0.25) is 5.91 Å². The zero-order chi connectivity index (χ0) is 15.4. The molecule has 2 aliphatic rings. The molecule has 6 nitrogen and oxygen atoms in total. The molecule has 1 aromatic heterocycles. The van der Waals surface area contributed by atoms with Gasteiger partial charge in [-0.15, -0.1) is 0 Å². The van der Waals surface area contributed by atoms with Crippen LogP contribution in [0.4, 0.5) is 0 Å². The van der Waals surface area contributed by atoms with Crippen LogP contribution < -0.4 is 0 Å². The van der Waals surface area contributed by atoms with Crippen molar-refractivity contribution in [3.8, 4) is 0 Å². The molecule has 1 N–H and O–H groups in total. The van der Waals surface area contributed by atoms with E-state index in [1.807, 2.05) is 11.1 Å². The molecule has 3 heterocycles. The molecule has 3 rings (SSSR count). The fourth-order valence-electron chi connectivity index (χ4n) is 3.33. The Morgan fingerprint density at radius 1 is 1.45 bits per heavy atom. The first kappa shape index (κ1) is 15.5. The third kappa shape index (κ3) is 3.67. The van der Waals surface area contributed by atoms with Gasteiger partial charge >= 0.3 is 0 Å². The maximum atomic E-state index is 12.5. The molecule has 122 valence electrons. The molecule has 0 saturated carbocycles. The summed E-state index contributed by atoms with van der Waals surface area (Å²) < 4.78 is 5.72. The average Bonchev–Trinajstić information content (AvgIpc) is 3.08. The number of hydrogen-bond donors (Lipinski definition) is 1. The van der Waals surface area contributed by atoms with E-state index in [-0.39, 0.29) is 18.1 Å². The molecule has 6 heteroatoms. The summed E-state index contributed by atoms with van der Waals surface area (Å²) in [4.78, 5) is 24.2. The van der Waals surface area contributed by atoms with Crippen molar-refractivity contribution < 1.29 is 9.53 Å². The van der Waals surface area contributed by atoms with E-state index in [1.54, 1.807) is 6.20 Å². The number of imidazole rings is 1. The normalized spacial score (nSPS) is 27.0. The number of carbonyl (C=O) groups is 1. The minimum Gasteiger partial charge on any atom is -0.378 e. The van der Waals surface area contributed by atoms with Crippen LogP contribution in [0.5, 0.6) is 0 Å². The van der Waals surface area contributed by atoms with Gasteiger partial charge in [-0.05, 0) is 32.7 Å². The molecule has 2 aliphatic heterocycles. The summed E-state index contributed by atoms with van der Waals surface area (Å²) in [6.45, 7) is 3.26. The van der Waals surface area contributed by atoms with Gasteiger partial charge < -0.3 is 14.6 Å². The van der Waals surface area contributed by atoms with E-state index in [0.717, 1.165) is 44.8 Å². The smallest absolute Gasteiger partial charge is 0.222 e. The summed E-state index contributed by atoms with van der Waals surface area (Å²) in [7, 11) is 2.09. The second-order valence-corrected chi connectivity index (χ2v) is 6.34. The topological polar surface area (TPSA) is 61.5 Å². The number of aromatic amines is 1. The molecule has 0 radical (unpaired) electrons. The number of nitrogens with zero attached hydrogens (tertiary/aromatic N) is 3. The van der Waals surface area contributed by atoms with Gasteiger partial charge in [-0.25, -0.2) is 4.98 Å². The van der Waals surface area contributed by atoms with Crippen molar-refractivity contribution in [1.82, 2.24) is 19.8 Å². The third-order valence-corrected chi connectivity index (χ3v) is 4.79. The predicted molar refractivity (Wildman–Crippen MR) is 83.4 cm³/mol. The molecule has 1 amide bonds. The summed E-state index contributed by atoms with van der Waals surface area (Å²) in [5.74, 6) is 1.19. The second kappa shape index (κ2) is 7.24. The highest BCUT2D eigenvalue weighted by atomic mass is 16.5. The van der Waals surface area contributed by atoms with Crippen molar-refractivity contribution in [2.24, 2.45) is 0 Å². The van der Waals surface area contributed by atoms with E-state index in [0.29, 0.717) is 13.0 Å². The van der Waals surface area contributed by atoms with Gasteiger partial charge in [-0.1, -0.05) is 0 Å². The summed E-state index contributed by atoms with van der Waals surface area (Å²) in [6.07, 6.45) is 8.84. The molecule has 2 fully saturated rings. The summed E-state index contributed by atoms with van der Waals surface area (Å²) >= 11 is 0. The van der Waals surface area contributed by atoms with E-state index >= 15 is 0 Å². The maximum absolute atomic E-state index is 12.5. The molecule has 0 spiro atoms. The highest BCUT2D eigenvalue weighted by molar-refractivity contribution is 5.76. The molecule has 0 bridgehead atoms.